The van der Waals surface area contributed by atoms with Gasteiger partial charge in [-0.25, -0.2) is 9.97 Å². The van der Waals surface area contributed by atoms with Gasteiger partial charge in [-0.15, -0.1) is 0 Å². The largest absolute Gasteiger partial charge is 0.313 e. The average Bonchev–Trinajstić information content (AvgIpc) is 2.91. The fourth-order valence-electron chi connectivity index (χ4n) is 1.78. The van der Waals surface area contributed by atoms with Gasteiger partial charge in [0.15, 0.2) is 11.4 Å². The SMILES string of the molecule is CCCNCc1ccc(-n2cnc(C#N)c2C#N)nc1. The molecule has 0 fully saturated rings. The minimum Gasteiger partial charge on any atom is -0.313 e. The Hall–Kier alpha value is -2.70. The summed E-state index contributed by atoms with van der Waals surface area (Å²) in [5.41, 5.74) is 1.39. The third-order valence-corrected chi connectivity index (χ3v) is 2.79. The van der Waals surface area contributed by atoms with Crippen LogP contribution in [0.5, 0.6) is 0 Å². The van der Waals surface area contributed by atoms with Gasteiger partial charge in [0.05, 0.1) is 0 Å². The molecule has 100 valence electrons. The summed E-state index contributed by atoms with van der Waals surface area (Å²) in [6, 6.07) is 7.62. The van der Waals surface area contributed by atoms with Crippen LogP contribution >= 0.6 is 0 Å². The average molecular weight is 266 g/mol. The fourth-order valence-corrected chi connectivity index (χ4v) is 1.78. The molecule has 6 heteroatoms. The van der Waals surface area contributed by atoms with Crippen molar-refractivity contribution < 1.29 is 0 Å². The molecule has 20 heavy (non-hydrogen) atoms. The lowest BCUT2D eigenvalue weighted by atomic mass is 10.2. The molecular weight excluding hydrogens is 252 g/mol. The first-order valence-electron chi connectivity index (χ1n) is 6.33. The number of nitrogens with zero attached hydrogens (tertiary/aromatic N) is 5. The fraction of sp³-hybridized carbons (Fsp3) is 0.286. The molecule has 0 aromatic carbocycles. The first-order chi connectivity index (χ1) is 9.80. The van der Waals surface area contributed by atoms with Gasteiger partial charge >= 0.3 is 0 Å². The normalized spacial score (nSPS) is 9.95. The quantitative estimate of drug-likeness (QED) is 0.828. The van der Waals surface area contributed by atoms with Crippen LogP contribution in [-0.4, -0.2) is 21.1 Å². The molecule has 0 saturated carbocycles. The van der Waals surface area contributed by atoms with Gasteiger partial charge in [0.25, 0.3) is 0 Å². The van der Waals surface area contributed by atoms with Crippen LogP contribution in [0, 0.1) is 22.7 Å². The first-order valence-corrected chi connectivity index (χ1v) is 6.33. The minimum atomic E-state index is 0.114. The second-order valence-electron chi connectivity index (χ2n) is 4.24. The topological polar surface area (TPSA) is 90.3 Å². The molecule has 0 unspecified atom stereocenters. The van der Waals surface area contributed by atoms with Gasteiger partial charge < -0.3 is 5.32 Å². The second kappa shape index (κ2) is 6.46. The van der Waals surface area contributed by atoms with E-state index in [1.807, 2.05) is 24.3 Å². The number of hydrogen-bond acceptors (Lipinski definition) is 5. The molecule has 0 aliphatic carbocycles. The zero-order valence-corrected chi connectivity index (χ0v) is 11.2. The maximum atomic E-state index is 9.08. The lowest BCUT2D eigenvalue weighted by Crippen LogP contribution is -2.14. The van der Waals surface area contributed by atoms with E-state index >= 15 is 0 Å². The third-order valence-electron chi connectivity index (χ3n) is 2.79. The Bertz CT molecular complexity index is 656. The van der Waals surface area contributed by atoms with Crippen LogP contribution in [0.25, 0.3) is 5.82 Å². The highest BCUT2D eigenvalue weighted by molar-refractivity contribution is 5.41. The van der Waals surface area contributed by atoms with E-state index in [-0.39, 0.29) is 11.4 Å². The van der Waals surface area contributed by atoms with Crippen LogP contribution < -0.4 is 5.32 Å². The standard InChI is InChI=1S/C14H14N6/c1-2-5-17-8-11-3-4-14(18-9-11)20-10-19-12(6-15)13(20)7-16/h3-4,9-10,17H,2,5,8H2,1H3. The van der Waals surface area contributed by atoms with Gasteiger partial charge in [-0.2, -0.15) is 10.5 Å². The van der Waals surface area contributed by atoms with E-state index in [0.717, 1.165) is 25.1 Å². The molecule has 0 atom stereocenters. The molecule has 2 heterocycles. The number of rotatable bonds is 5. The van der Waals surface area contributed by atoms with Crippen molar-refractivity contribution in [2.75, 3.05) is 6.54 Å². The second-order valence-corrected chi connectivity index (χ2v) is 4.24. The van der Waals surface area contributed by atoms with Gasteiger partial charge in [0.2, 0.25) is 0 Å². The van der Waals surface area contributed by atoms with Crippen molar-refractivity contribution in [2.24, 2.45) is 0 Å². The molecule has 6 nitrogen and oxygen atoms in total. The van der Waals surface area contributed by atoms with E-state index in [1.54, 1.807) is 6.20 Å². The molecule has 0 saturated heterocycles. The van der Waals surface area contributed by atoms with Crippen LogP contribution in [-0.2, 0) is 6.54 Å². The zero-order valence-electron chi connectivity index (χ0n) is 11.2. The van der Waals surface area contributed by atoms with Crippen molar-refractivity contribution >= 4 is 0 Å². The molecule has 1 N–H and O–H groups in total. The summed E-state index contributed by atoms with van der Waals surface area (Å²) in [5.74, 6) is 0.579. The van der Waals surface area contributed by atoms with Gasteiger partial charge in [-0.3, -0.25) is 4.57 Å². The highest BCUT2D eigenvalue weighted by Crippen LogP contribution is 2.12. The van der Waals surface area contributed by atoms with Crippen molar-refractivity contribution in [1.82, 2.24) is 19.9 Å². The predicted octanol–water partition coefficient (Wildman–Crippen LogP) is 1.51. The third kappa shape index (κ3) is 2.82. The van der Waals surface area contributed by atoms with Crippen molar-refractivity contribution in [1.29, 1.82) is 10.5 Å². The molecule has 0 aliphatic heterocycles. The number of hydrogen-bond donors (Lipinski definition) is 1. The Morgan fingerprint density at radius 3 is 2.70 bits per heavy atom. The molecule has 2 rings (SSSR count). The molecule has 0 aliphatic rings. The summed E-state index contributed by atoms with van der Waals surface area (Å²) in [5, 5.41) is 21.2. The summed E-state index contributed by atoms with van der Waals surface area (Å²) in [7, 11) is 0. The van der Waals surface area contributed by atoms with E-state index in [2.05, 4.69) is 22.2 Å². The Balaban J connectivity index is 2.21. The Morgan fingerprint density at radius 1 is 1.25 bits per heavy atom. The molecule has 0 amide bonds. The zero-order chi connectivity index (χ0) is 14.4. The van der Waals surface area contributed by atoms with Crippen molar-refractivity contribution in [3.05, 3.63) is 41.6 Å². The van der Waals surface area contributed by atoms with E-state index in [4.69, 9.17) is 10.5 Å². The van der Waals surface area contributed by atoms with Crippen LogP contribution in [0.1, 0.15) is 30.3 Å². The molecule has 0 spiro atoms. The number of pyridine rings is 1. The molecular formula is C14H14N6. The lowest BCUT2D eigenvalue weighted by Gasteiger charge is -2.05. The Kier molecular flexibility index (Phi) is 4.43. The highest BCUT2D eigenvalue weighted by Gasteiger charge is 2.11. The van der Waals surface area contributed by atoms with E-state index in [1.165, 1.54) is 10.9 Å². The predicted molar refractivity (Wildman–Crippen MR) is 72.8 cm³/mol. The first kappa shape index (κ1) is 13.7. The number of nitriles is 2. The maximum Gasteiger partial charge on any atom is 0.177 e. The van der Waals surface area contributed by atoms with Crippen LogP contribution in [0.2, 0.25) is 0 Å². The van der Waals surface area contributed by atoms with Crippen molar-refractivity contribution in [2.45, 2.75) is 19.9 Å². The lowest BCUT2D eigenvalue weighted by molar-refractivity contribution is 0.673. The number of imidazole rings is 1. The van der Waals surface area contributed by atoms with Gasteiger partial charge in [0.1, 0.15) is 24.3 Å². The van der Waals surface area contributed by atoms with E-state index in [9.17, 15) is 0 Å². The molecule has 2 aromatic rings. The van der Waals surface area contributed by atoms with Gasteiger partial charge in [0, 0.05) is 12.7 Å². The monoisotopic (exact) mass is 266 g/mol. The molecule has 0 radical (unpaired) electrons. The van der Waals surface area contributed by atoms with Crippen LogP contribution in [0.15, 0.2) is 24.7 Å². The summed E-state index contributed by atoms with van der Waals surface area (Å²) in [6.45, 7) is 3.84. The van der Waals surface area contributed by atoms with Crippen molar-refractivity contribution in [3.8, 4) is 18.0 Å². The smallest absolute Gasteiger partial charge is 0.177 e. The number of nitrogens with one attached hydrogen (secondary N) is 1. The summed E-state index contributed by atoms with van der Waals surface area (Å²) in [6.07, 6.45) is 4.28. The van der Waals surface area contributed by atoms with Crippen LogP contribution in [0.3, 0.4) is 0 Å². The van der Waals surface area contributed by atoms with Gasteiger partial charge in [-0.05, 0) is 24.6 Å². The molecule has 0 bridgehead atoms. The summed E-state index contributed by atoms with van der Waals surface area (Å²) < 4.78 is 1.52. The van der Waals surface area contributed by atoms with E-state index < -0.39 is 0 Å². The van der Waals surface area contributed by atoms with E-state index in [0.29, 0.717) is 5.82 Å². The molecule has 2 aromatic heterocycles. The minimum absolute atomic E-state index is 0.114. The summed E-state index contributed by atoms with van der Waals surface area (Å²) >= 11 is 0. The number of aromatic nitrogens is 3. The maximum absolute atomic E-state index is 9.08. The summed E-state index contributed by atoms with van der Waals surface area (Å²) in [4.78, 5) is 8.20. The highest BCUT2D eigenvalue weighted by atomic mass is 15.1. The van der Waals surface area contributed by atoms with Crippen molar-refractivity contribution in [3.63, 3.8) is 0 Å². The Labute approximate surface area is 117 Å². The van der Waals surface area contributed by atoms with Gasteiger partial charge in [-0.1, -0.05) is 13.0 Å². The Morgan fingerprint density at radius 2 is 2.10 bits per heavy atom. The van der Waals surface area contributed by atoms with Crippen LogP contribution in [0.4, 0.5) is 0 Å².